The second kappa shape index (κ2) is 9.19. The number of carbonyl (C=O) groups is 4. The van der Waals surface area contributed by atoms with E-state index in [1.165, 1.54) is 0 Å². The lowest BCUT2D eigenvalue weighted by Gasteiger charge is -2.37. The van der Waals surface area contributed by atoms with Crippen molar-refractivity contribution in [3.8, 4) is 0 Å². The highest BCUT2D eigenvalue weighted by molar-refractivity contribution is 5.80. The summed E-state index contributed by atoms with van der Waals surface area (Å²) in [5, 5.41) is 17.8. The molecule has 156 valence electrons. The zero-order valence-electron chi connectivity index (χ0n) is 16.5. The van der Waals surface area contributed by atoms with E-state index in [0.29, 0.717) is 60.9 Å². The molecule has 28 heavy (non-hydrogen) atoms. The summed E-state index contributed by atoms with van der Waals surface area (Å²) in [6.07, 6.45) is 9.62. The Balaban J connectivity index is 0.000000161. The van der Waals surface area contributed by atoms with Gasteiger partial charge in [0.15, 0.2) is 0 Å². The van der Waals surface area contributed by atoms with Gasteiger partial charge in [0, 0.05) is 25.7 Å². The molecule has 0 aliphatic heterocycles. The Hall–Kier alpha value is -1.72. The molecule has 4 fully saturated rings. The number of ketones is 2. The van der Waals surface area contributed by atoms with Crippen molar-refractivity contribution in [2.45, 2.75) is 77.0 Å². The highest BCUT2D eigenvalue weighted by atomic mass is 16.4. The Morgan fingerprint density at radius 2 is 1.00 bits per heavy atom. The van der Waals surface area contributed by atoms with Crippen molar-refractivity contribution < 1.29 is 29.4 Å². The van der Waals surface area contributed by atoms with Crippen molar-refractivity contribution in [2.24, 2.45) is 35.5 Å². The van der Waals surface area contributed by atoms with Crippen LogP contribution in [-0.4, -0.2) is 33.7 Å². The number of carboxylic acid groups (broad SMARTS) is 2. The van der Waals surface area contributed by atoms with Crippen molar-refractivity contribution in [3.05, 3.63) is 0 Å². The summed E-state index contributed by atoms with van der Waals surface area (Å²) < 4.78 is 0. The first-order valence-corrected chi connectivity index (χ1v) is 10.8. The summed E-state index contributed by atoms with van der Waals surface area (Å²) in [7, 11) is 0. The number of Topliss-reactive ketones (excluding diaryl/α,β-unsaturated/α-hetero) is 2. The van der Waals surface area contributed by atoms with E-state index in [4.69, 9.17) is 10.2 Å². The van der Waals surface area contributed by atoms with Crippen LogP contribution in [0, 0.1) is 35.5 Å². The van der Waals surface area contributed by atoms with Crippen LogP contribution in [0.5, 0.6) is 0 Å². The average molecular weight is 392 g/mol. The summed E-state index contributed by atoms with van der Waals surface area (Å²) in [4.78, 5) is 44.1. The molecular weight excluding hydrogens is 360 g/mol. The van der Waals surface area contributed by atoms with Gasteiger partial charge in [-0.2, -0.15) is 0 Å². The molecule has 4 aliphatic rings. The van der Waals surface area contributed by atoms with E-state index in [-0.39, 0.29) is 11.8 Å². The van der Waals surface area contributed by atoms with Gasteiger partial charge in [0.05, 0.1) is 11.8 Å². The molecule has 0 unspecified atom stereocenters. The van der Waals surface area contributed by atoms with E-state index in [1.807, 2.05) is 0 Å². The number of hydrogen-bond donors (Lipinski definition) is 2. The molecule has 4 rings (SSSR count). The zero-order chi connectivity index (χ0) is 20.3. The quantitative estimate of drug-likeness (QED) is 0.741. The third-order valence-corrected chi connectivity index (χ3v) is 7.55. The van der Waals surface area contributed by atoms with Gasteiger partial charge < -0.3 is 10.2 Å². The topological polar surface area (TPSA) is 109 Å². The Labute approximate surface area is 166 Å². The minimum atomic E-state index is -0.652. The van der Waals surface area contributed by atoms with Crippen LogP contribution < -0.4 is 0 Å². The van der Waals surface area contributed by atoms with Gasteiger partial charge in [-0.25, -0.2) is 0 Å². The molecule has 2 N–H and O–H groups in total. The number of carbonyl (C=O) groups excluding carboxylic acids is 2. The Morgan fingerprint density at radius 3 is 1.36 bits per heavy atom. The lowest BCUT2D eigenvalue weighted by Crippen LogP contribution is -2.33. The lowest BCUT2D eigenvalue weighted by molar-refractivity contribution is -0.145. The molecule has 4 saturated carbocycles. The van der Waals surface area contributed by atoms with E-state index in [9.17, 15) is 19.2 Å². The van der Waals surface area contributed by atoms with Gasteiger partial charge in [0.1, 0.15) is 11.6 Å². The zero-order valence-corrected chi connectivity index (χ0v) is 16.5. The first kappa shape index (κ1) is 21.0. The smallest absolute Gasteiger partial charge is 0.306 e. The summed E-state index contributed by atoms with van der Waals surface area (Å²) >= 11 is 0. The maximum absolute atomic E-state index is 11.2. The summed E-state index contributed by atoms with van der Waals surface area (Å²) in [6.45, 7) is 0. The van der Waals surface area contributed by atoms with E-state index < -0.39 is 11.9 Å². The molecule has 0 aromatic rings. The number of carboxylic acids is 2. The molecule has 0 aromatic heterocycles. The normalized spacial score (nSPS) is 37.7. The second-order valence-electron chi connectivity index (χ2n) is 9.30. The minimum absolute atomic E-state index is 0.149. The van der Waals surface area contributed by atoms with Crippen LogP contribution >= 0.6 is 0 Å². The van der Waals surface area contributed by atoms with Gasteiger partial charge in [-0.15, -0.1) is 0 Å². The number of fused-ring (bicyclic) bond motifs is 2. The Bertz CT molecular complexity index is 573. The standard InChI is InChI=1S/2C11H16O3/c2*12-10-4-3-7-5-9(11(13)14)2-1-8(7)6-10/h2*7-9H,1-6H2,(H,13,14)/t2*7-,8+,9-/m00/s1. The van der Waals surface area contributed by atoms with Crippen molar-refractivity contribution in [2.75, 3.05) is 0 Å². The Morgan fingerprint density at radius 1 is 0.607 bits per heavy atom. The van der Waals surface area contributed by atoms with Gasteiger partial charge in [-0.05, 0) is 75.0 Å². The molecule has 6 heteroatoms. The van der Waals surface area contributed by atoms with Gasteiger partial charge in [0.25, 0.3) is 0 Å². The SMILES string of the molecule is O=C1CC[C@H]2C[C@@H](C(=O)O)CC[C@@H]2C1.O=C1CC[C@H]2C[C@@H](C(=O)O)CC[C@@H]2C1. The predicted octanol–water partition coefficient (Wildman–Crippen LogP) is 3.71. The average Bonchev–Trinajstić information content (AvgIpc) is 2.67. The molecule has 0 radical (unpaired) electrons. The van der Waals surface area contributed by atoms with Crippen molar-refractivity contribution in [1.82, 2.24) is 0 Å². The fourth-order valence-corrected chi connectivity index (χ4v) is 5.83. The van der Waals surface area contributed by atoms with Crippen molar-refractivity contribution >= 4 is 23.5 Å². The van der Waals surface area contributed by atoms with E-state index in [2.05, 4.69) is 0 Å². The van der Waals surface area contributed by atoms with Gasteiger partial charge >= 0.3 is 11.9 Å². The molecule has 6 atom stereocenters. The fraction of sp³-hybridized carbons (Fsp3) is 0.818. The third kappa shape index (κ3) is 5.21. The molecule has 6 nitrogen and oxygen atoms in total. The van der Waals surface area contributed by atoms with E-state index >= 15 is 0 Å². The molecular formula is C22H32O6. The lowest BCUT2D eigenvalue weighted by atomic mass is 9.67. The Kier molecular flexibility index (Phi) is 6.89. The third-order valence-electron chi connectivity index (χ3n) is 7.55. The van der Waals surface area contributed by atoms with E-state index in [0.717, 1.165) is 51.4 Å². The molecule has 0 amide bonds. The van der Waals surface area contributed by atoms with Crippen molar-refractivity contribution in [3.63, 3.8) is 0 Å². The molecule has 4 aliphatic carbocycles. The molecule has 0 spiro atoms. The van der Waals surface area contributed by atoms with Gasteiger partial charge in [0.2, 0.25) is 0 Å². The summed E-state index contributed by atoms with van der Waals surface area (Å²) in [5.74, 6) is 1.14. The van der Waals surface area contributed by atoms with Gasteiger partial charge in [-0.1, -0.05) is 0 Å². The molecule has 0 saturated heterocycles. The predicted molar refractivity (Wildman–Crippen MR) is 102 cm³/mol. The van der Waals surface area contributed by atoms with Crippen LogP contribution in [0.15, 0.2) is 0 Å². The monoisotopic (exact) mass is 392 g/mol. The van der Waals surface area contributed by atoms with Crippen LogP contribution in [0.2, 0.25) is 0 Å². The second-order valence-corrected chi connectivity index (χ2v) is 9.30. The highest BCUT2D eigenvalue weighted by Crippen LogP contribution is 2.42. The van der Waals surface area contributed by atoms with Gasteiger partial charge in [-0.3, -0.25) is 19.2 Å². The maximum Gasteiger partial charge on any atom is 0.306 e. The number of rotatable bonds is 2. The molecule has 0 bridgehead atoms. The molecule has 0 aromatic carbocycles. The van der Waals surface area contributed by atoms with Crippen LogP contribution in [0.1, 0.15) is 77.0 Å². The van der Waals surface area contributed by atoms with Crippen molar-refractivity contribution in [1.29, 1.82) is 0 Å². The first-order chi connectivity index (χ1) is 13.3. The van der Waals surface area contributed by atoms with Crippen LogP contribution in [-0.2, 0) is 19.2 Å². The van der Waals surface area contributed by atoms with Crippen LogP contribution in [0.3, 0.4) is 0 Å². The maximum atomic E-state index is 11.2. The van der Waals surface area contributed by atoms with Crippen LogP contribution in [0.25, 0.3) is 0 Å². The summed E-state index contributed by atoms with van der Waals surface area (Å²) in [5.41, 5.74) is 0. The minimum Gasteiger partial charge on any atom is -0.481 e. The fourth-order valence-electron chi connectivity index (χ4n) is 5.83. The largest absolute Gasteiger partial charge is 0.481 e. The van der Waals surface area contributed by atoms with Crippen LogP contribution in [0.4, 0.5) is 0 Å². The number of hydrogen-bond acceptors (Lipinski definition) is 4. The first-order valence-electron chi connectivity index (χ1n) is 10.8. The van der Waals surface area contributed by atoms with E-state index in [1.54, 1.807) is 0 Å². The summed E-state index contributed by atoms with van der Waals surface area (Å²) in [6, 6.07) is 0. The highest BCUT2D eigenvalue weighted by Gasteiger charge is 2.38. The number of aliphatic carboxylic acids is 2. The molecule has 0 heterocycles.